The lowest BCUT2D eigenvalue weighted by Gasteiger charge is -1.99. The van der Waals surface area contributed by atoms with Gasteiger partial charge in [-0.2, -0.15) is 4.39 Å². The van der Waals surface area contributed by atoms with E-state index in [0.717, 1.165) is 19.3 Å². The van der Waals surface area contributed by atoms with Crippen LogP contribution in [0, 0.1) is 0 Å². The fourth-order valence-electron chi connectivity index (χ4n) is 0.932. The van der Waals surface area contributed by atoms with Crippen LogP contribution in [0.3, 0.4) is 0 Å². The van der Waals surface area contributed by atoms with Crippen molar-refractivity contribution < 1.29 is 14.3 Å². The molecule has 0 saturated heterocycles. The Morgan fingerprint density at radius 2 is 2.00 bits per heavy atom. The standard InChI is InChI=1S/C9H15FO2/c1-3-4-5-6-7(2)8(10)9(11)12/h3-6H2,1-2H3,(H,11,12). The van der Waals surface area contributed by atoms with Gasteiger partial charge in [-0.3, -0.25) is 0 Å². The van der Waals surface area contributed by atoms with Gasteiger partial charge in [-0.1, -0.05) is 19.8 Å². The zero-order valence-corrected chi connectivity index (χ0v) is 7.56. The molecule has 0 unspecified atom stereocenters. The zero-order valence-electron chi connectivity index (χ0n) is 7.56. The highest BCUT2D eigenvalue weighted by molar-refractivity contribution is 5.84. The molecule has 12 heavy (non-hydrogen) atoms. The Balaban J connectivity index is 3.91. The number of carbonyl (C=O) groups is 1. The van der Waals surface area contributed by atoms with Crippen LogP contribution in [-0.2, 0) is 4.79 Å². The maximum atomic E-state index is 12.6. The van der Waals surface area contributed by atoms with E-state index in [1.54, 1.807) is 0 Å². The first-order chi connectivity index (χ1) is 5.59. The minimum absolute atomic E-state index is 0.343. The number of halogens is 1. The van der Waals surface area contributed by atoms with Gasteiger partial charge >= 0.3 is 5.97 Å². The summed E-state index contributed by atoms with van der Waals surface area (Å²) < 4.78 is 12.6. The van der Waals surface area contributed by atoms with Crippen molar-refractivity contribution in [2.75, 3.05) is 0 Å². The molecule has 0 amide bonds. The normalized spacial score (nSPS) is 12.6. The molecular formula is C9H15FO2. The van der Waals surface area contributed by atoms with Gasteiger partial charge in [0, 0.05) is 0 Å². The molecule has 0 heterocycles. The number of carboxylic acids is 1. The molecule has 0 fully saturated rings. The second-order valence-corrected chi connectivity index (χ2v) is 2.86. The average Bonchev–Trinajstić information content (AvgIpc) is 2.03. The predicted molar refractivity (Wildman–Crippen MR) is 45.6 cm³/mol. The SMILES string of the molecule is CCCCCC(C)=C(F)C(=O)O. The molecule has 3 heteroatoms. The van der Waals surface area contributed by atoms with Gasteiger partial charge in [0.25, 0.3) is 0 Å². The van der Waals surface area contributed by atoms with Crippen LogP contribution in [0.15, 0.2) is 11.4 Å². The minimum Gasteiger partial charge on any atom is -0.476 e. The van der Waals surface area contributed by atoms with E-state index in [9.17, 15) is 9.18 Å². The molecule has 0 bridgehead atoms. The summed E-state index contributed by atoms with van der Waals surface area (Å²) in [5, 5.41) is 8.28. The molecule has 70 valence electrons. The van der Waals surface area contributed by atoms with Crippen LogP contribution in [0.2, 0.25) is 0 Å². The molecular weight excluding hydrogens is 159 g/mol. The van der Waals surface area contributed by atoms with E-state index in [1.807, 2.05) is 6.92 Å². The summed E-state index contributed by atoms with van der Waals surface area (Å²) in [6, 6.07) is 0. The highest BCUT2D eigenvalue weighted by Gasteiger charge is 2.08. The number of unbranched alkanes of at least 4 members (excludes halogenated alkanes) is 2. The summed E-state index contributed by atoms with van der Waals surface area (Å²) >= 11 is 0. The summed E-state index contributed by atoms with van der Waals surface area (Å²) in [4.78, 5) is 10.1. The molecule has 0 aromatic rings. The van der Waals surface area contributed by atoms with Crippen LogP contribution >= 0.6 is 0 Å². The number of hydrogen-bond acceptors (Lipinski definition) is 1. The fourth-order valence-corrected chi connectivity index (χ4v) is 0.932. The highest BCUT2D eigenvalue weighted by Crippen LogP contribution is 2.13. The van der Waals surface area contributed by atoms with Crippen LogP contribution in [-0.4, -0.2) is 11.1 Å². The minimum atomic E-state index is -1.45. The molecule has 0 atom stereocenters. The molecule has 0 aliphatic rings. The van der Waals surface area contributed by atoms with Gasteiger partial charge in [0.15, 0.2) is 0 Å². The van der Waals surface area contributed by atoms with Crippen LogP contribution in [0.5, 0.6) is 0 Å². The Labute approximate surface area is 72.1 Å². The first kappa shape index (κ1) is 11.1. The Morgan fingerprint density at radius 1 is 1.42 bits per heavy atom. The maximum absolute atomic E-state index is 12.6. The van der Waals surface area contributed by atoms with E-state index in [4.69, 9.17) is 5.11 Å². The lowest BCUT2D eigenvalue weighted by Crippen LogP contribution is -1.98. The third-order valence-corrected chi connectivity index (χ3v) is 1.72. The van der Waals surface area contributed by atoms with Crippen LogP contribution in [0.25, 0.3) is 0 Å². The van der Waals surface area contributed by atoms with Crippen molar-refractivity contribution in [1.29, 1.82) is 0 Å². The van der Waals surface area contributed by atoms with Crippen molar-refractivity contribution in [3.63, 3.8) is 0 Å². The number of aliphatic carboxylic acids is 1. The third kappa shape index (κ3) is 4.11. The van der Waals surface area contributed by atoms with Crippen LogP contribution < -0.4 is 0 Å². The monoisotopic (exact) mass is 174 g/mol. The summed E-state index contributed by atoms with van der Waals surface area (Å²) in [6.45, 7) is 3.58. The first-order valence-corrected chi connectivity index (χ1v) is 4.18. The van der Waals surface area contributed by atoms with E-state index < -0.39 is 11.8 Å². The van der Waals surface area contributed by atoms with Gasteiger partial charge < -0.3 is 5.11 Å². The predicted octanol–water partition coefficient (Wildman–Crippen LogP) is 2.89. The fraction of sp³-hybridized carbons (Fsp3) is 0.667. The zero-order chi connectivity index (χ0) is 9.56. The smallest absolute Gasteiger partial charge is 0.364 e. The van der Waals surface area contributed by atoms with Gasteiger partial charge in [0.05, 0.1) is 0 Å². The third-order valence-electron chi connectivity index (χ3n) is 1.72. The van der Waals surface area contributed by atoms with E-state index in [1.165, 1.54) is 6.92 Å². The maximum Gasteiger partial charge on any atom is 0.364 e. The second kappa shape index (κ2) is 5.75. The van der Waals surface area contributed by atoms with E-state index >= 15 is 0 Å². The van der Waals surface area contributed by atoms with Crippen LogP contribution in [0.1, 0.15) is 39.5 Å². The number of hydrogen-bond donors (Lipinski definition) is 1. The molecule has 2 nitrogen and oxygen atoms in total. The quantitative estimate of drug-likeness (QED) is 0.514. The number of rotatable bonds is 5. The van der Waals surface area contributed by atoms with Gasteiger partial charge in [0.1, 0.15) is 0 Å². The van der Waals surface area contributed by atoms with Crippen molar-refractivity contribution >= 4 is 5.97 Å². The highest BCUT2D eigenvalue weighted by atomic mass is 19.1. The van der Waals surface area contributed by atoms with Crippen molar-refractivity contribution in [3.05, 3.63) is 11.4 Å². The van der Waals surface area contributed by atoms with Crippen molar-refractivity contribution in [1.82, 2.24) is 0 Å². The lowest BCUT2D eigenvalue weighted by atomic mass is 10.1. The molecule has 0 radical (unpaired) electrons. The Kier molecular flexibility index (Phi) is 5.34. The summed E-state index contributed by atoms with van der Waals surface area (Å²) in [5.41, 5.74) is 0.343. The first-order valence-electron chi connectivity index (χ1n) is 4.18. The summed E-state index contributed by atoms with van der Waals surface area (Å²) in [5.74, 6) is -2.45. The lowest BCUT2D eigenvalue weighted by molar-refractivity contribution is -0.134. The second-order valence-electron chi connectivity index (χ2n) is 2.86. The summed E-state index contributed by atoms with van der Waals surface area (Å²) in [7, 11) is 0. The van der Waals surface area contributed by atoms with Gasteiger partial charge in [-0.25, -0.2) is 4.79 Å². The van der Waals surface area contributed by atoms with E-state index in [-0.39, 0.29) is 0 Å². The summed E-state index contributed by atoms with van der Waals surface area (Å²) in [6.07, 6.45) is 3.49. The molecule has 0 aromatic carbocycles. The Bertz CT molecular complexity index is 185. The number of allylic oxidation sites excluding steroid dienone is 1. The Morgan fingerprint density at radius 3 is 2.42 bits per heavy atom. The molecule has 0 aliphatic carbocycles. The number of carboxylic acid groups (broad SMARTS) is 1. The van der Waals surface area contributed by atoms with Crippen molar-refractivity contribution in [2.24, 2.45) is 0 Å². The van der Waals surface area contributed by atoms with E-state index in [2.05, 4.69) is 0 Å². The molecule has 0 spiro atoms. The Hall–Kier alpha value is -0.860. The largest absolute Gasteiger partial charge is 0.476 e. The molecule has 0 saturated carbocycles. The topological polar surface area (TPSA) is 37.3 Å². The van der Waals surface area contributed by atoms with Gasteiger partial charge in [-0.15, -0.1) is 0 Å². The molecule has 0 rings (SSSR count). The van der Waals surface area contributed by atoms with E-state index in [0.29, 0.717) is 12.0 Å². The van der Waals surface area contributed by atoms with Gasteiger partial charge in [0.2, 0.25) is 5.83 Å². The average molecular weight is 174 g/mol. The van der Waals surface area contributed by atoms with Crippen molar-refractivity contribution in [3.8, 4) is 0 Å². The van der Waals surface area contributed by atoms with Gasteiger partial charge in [-0.05, 0) is 25.3 Å². The molecule has 0 aliphatic heterocycles. The van der Waals surface area contributed by atoms with Crippen molar-refractivity contribution in [2.45, 2.75) is 39.5 Å². The van der Waals surface area contributed by atoms with Crippen LogP contribution in [0.4, 0.5) is 4.39 Å². The molecule has 0 aromatic heterocycles. The molecule has 1 N–H and O–H groups in total.